The van der Waals surface area contributed by atoms with Crippen molar-refractivity contribution in [2.24, 2.45) is 0 Å². The molecule has 15 heavy (non-hydrogen) atoms. The summed E-state index contributed by atoms with van der Waals surface area (Å²) in [6, 6.07) is 11.2. The van der Waals surface area contributed by atoms with E-state index in [1.807, 2.05) is 30.3 Å². The van der Waals surface area contributed by atoms with Gasteiger partial charge in [0.25, 0.3) is 0 Å². The molecule has 2 aromatic rings. The zero-order chi connectivity index (χ0) is 10.8. The molecule has 0 saturated heterocycles. The van der Waals surface area contributed by atoms with Gasteiger partial charge in [-0.25, -0.2) is 0 Å². The molecule has 74 valence electrons. The van der Waals surface area contributed by atoms with Crippen LogP contribution in [0.25, 0.3) is 11.3 Å². The second kappa shape index (κ2) is 3.79. The van der Waals surface area contributed by atoms with Gasteiger partial charge in [-0.2, -0.15) is 5.26 Å². The van der Waals surface area contributed by atoms with Gasteiger partial charge in [0.1, 0.15) is 17.4 Å². The molecule has 2 N–H and O–H groups in total. The van der Waals surface area contributed by atoms with Crippen molar-refractivity contribution in [3.8, 4) is 17.4 Å². The molecule has 2 rings (SSSR count). The number of rotatable bonds is 1. The third-order valence-electron chi connectivity index (χ3n) is 1.99. The van der Waals surface area contributed by atoms with Gasteiger partial charge in [0.2, 0.25) is 5.88 Å². The molecule has 0 spiro atoms. The van der Waals surface area contributed by atoms with Gasteiger partial charge in [0.15, 0.2) is 0 Å². The van der Waals surface area contributed by atoms with Crippen LogP contribution in [0, 0.1) is 11.3 Å². The number of nitrogens with zero attached hydrogens (tertiary/aromatic N) is 1. The fraction of sp³-hybridized carbons (Fsp3) is 0. The molecular weight excluding hydrogens is 256 g/mol. The van der Waals surface area contributed by atoms with Crippen LogP contribution in [0.5, 0.6) is 0 Å². The maximum absolute atomic E-state index is 8.73. The number of hydrogen-bond acceptors (Lipinski definition) is 3. The Labute approximate surface area is 95.2 Å². The summed E-state index contributed by atoms with van der Waals surface area (Å²) in [6.45, 7) is 0. The van der Waals surface area contributed by atoms with Gasteiger partial charge in [0, 0.05) is 16.1 Å². The van der Waals surface area contributed by atoms with Gasteiger partial charge < -0.3 is 10.2 Å². The lowest BCUT2D eigenvalue weighted by molar-refractivity contribution is 0.602. The van der Waals surface area contributed by atoms with E-state index in [4.69, 9.17) is 15.4 Å². The number of hydrogen-bond donors (Lipinski definition) is 1. The van der Waals surface area contributed by atoms with Crippen LogP contribution in [0.4, 0.5) is 5.88 Å². The van der Waals surface area contributed by atoms with Crippen LogP contribution >= 0.6 is 15.9 Å². The van der Waals surface area contributed by atoms with Crippen molar-refractivity contribution in [1.82, 2.24) is 0 Å². The first-order valence-electron chi connectivity index (χ1n) is 4.26. The van der Waals surface area contributed by atoms with E-state index < -0.39 is 0 Å². The summed E-state index contributed by atoms with van der Waals surface area (Å²) >= 11 is 3.36. The summed E-state index contributed by atoms with van der Waals surface area (Å²) in [5, 5.41) is 8.73. The summed E-state index contributed by atoms with van der Waals surface area (Å²) in [6.07, 6.45) is 0. The summed E-state index contributed by atoms with van der Waals surface area (Å²) in [7, 11) is 0. The first-order chi connectivity index (χ1) is 7.20. The molecule has 1 aromatic heterocycles. The highest BCUT2D eigenvalue weighted by molar-refractivity contribution is 9.10. The number of nitriles is 1. The zero-order valence-electron chi connectivity index (χ0n) is 7.70. The van der Waals surface area contributed by atoms with E-state index in [1.54, 1.807) is 6.07 Å². The minimum absolute atomic E-state index is 0.160. The lowest BCUT2D eigenvalue weighted by Gasteiger charge is -1.96. The number of benzene rings is 1. The molecule has 0 atom stereocenters. The van der Waals surface area contributed by atoms with E-state index in [0.717, 1.165) is 10.0 Å². The summed E-state index contributed by atoms with van der Waals surface area (Å²) in [5.41, 5.74) is 6.78. The van der Waals surface area contributed by atoms with E-state index in [1.165, 1.54) is 0 Å². The molecular formula is C11H7BrN2O. The Balaban J connectivity index is 2.51. The van der Waals surface area contributed by atoms with Crippen LogP contribution < -0.4 is 5.73 Å². The molecule has 3 nitrogen and oxygen atoms in total. The van der Waals surface area contributed by atoms with Gasteiger partial charge in [-0.15, -0.1) is 0 Å². The minimum atomic E-state index is 0.160. The topological polar surface area (TPSA) is 63.0 Å². The molecule has 0 unspecified atom stereocenters. The Bertz CT molecular complexity index is 540. The zero-order valence-corrected chi connectivity index (χ0v) is 9.28. The van der Waals surface area contributed by atoms with E-state index in [9.17, 15) is 0 Å². The molecule has 0 saturated carbocycles. The molecule has 4 heteroatoms. The van der Waals surface area contributed by atoms with Gasteiger partial charge in [-0.3, -0.25) is 0 Å². The molecule has 0 aliphatic rings. The van der Waals surface area contributed by atoms with Gasteiger partial charge in [-0.05, 0) is 12.1 Å². The highest BCUT2D eigenvalue weighted by atomic mass is 79.9. The predicted octanol–water partition coefficient (Wildman–Crippen LogP) is 3.16. The van der Waals surface area contributed by atoms with Crippen molar-refractivity contribution in [1.29, 1.82) is 5.26 Å². The quantitative estimate of drug-likeness (QED) is 0.859. The molecule has 1 heterocycles. The lowest BCUT2D eigenvalue weighted by atomic mass is 10.1. The molecule has 0 aliphatic carbocycles. The Kier molecular flexibility index (Phi) is 2.48. The van der Waals surface area contributed by atoms with E-state index in [-0.39, 0.29) is 5.88 Å². The van der Waals surface area contributed by atoms with Crippen LogP contribution in [0.1, 0.15) is 5.56 Å². The fourth-order valence-electron chi connectivity index (χ4n) is 1.28. The first-order valence-corrected chi connectivity index (χ1v) is 5.05. The van der Waals surface area contributed by atoms with Crippen molar-refractivity contribution < 1.29 is 4.42 Å². The van der Waals surface area contributed by atoms with Crippen LogP contribution in [-0.4, -0.2) is 0 Å². The van der Waals surface area contributed by atoms with Crippen LogP contribution in [0.3, 0.4) is 0 Å². The van der Waals surface area contributed by atoms with Crippen molar-refractivity contribution in [3.05, 3.63) is 40.4 Å². The summed E-state index contributed by atoms with van der Waals surface area (Å²) in [4.78, 5) is 0. The second-order valence-corrected chi connectivity index (χ2v) is 3.93. The predicted molar refractivity (Wildman–Crippen MR) is 61.0 cm³/mol. The Morgan fingerprint density at radius 3 is 2.73 bits per heavy atom. The number of furan rings is 1. The molecule has 0 radical (unpaired) electrons. The van der Waals surface area contributed by atoms with Crippen molar-refractivity contribution in [2.45, 2.75) is 0 Å². The Hall–Kier alpha value is -1.73. The Morgan fingerprint density at radius 1 is 1.33 bits per heavy atom. The first kappa shape index (κ1) is 9.81. The lowest BCUT2D eigenvalue weighted by Crippen LogP contribution is -1.82. The van der Waals surface area contributed by atoms with Crippen molar-refractivity contribution in [2.75, 3.05) is 5.73 Å². The molecule has 0 fully saturated rings. The van der Waals surface area contributed by atoms with Crippen molar-refractivity contribution in [3.63, 3.8) is 0 Å². The normalized spacial score (nSPS) is 9.87. The third-order valence-corrected chi connectivity index (χ3v) is 2.48. The van der Waals surface area contributed by atoms with Crippen LogP contribution in [-0.2, 0) is 0 Å². The number of nitrogen functional groups attached to an aromatic ring is 1. The average Bonchev–Trinajstić information content (AvgIpc) is 2.60. The number of anilines is 1. The van der Waals surface area contributed by atoms with Crippen molar-refractivity contribution >= 4 is 21.8 Å². The summed E-state index contributed by atoms with van der Waals surface area (Å²) in [5.74, 6) is 0.762. The summed E-state index contributed by atoms with van der Waals surface area (Å²) < 4.78 is 6.23. The highest BCUT2D eigenvalue weighted by Crippen LogP contribution is 2.28. The SMILES string of the molecule is N#Cc1cc(-c2cccc(Br)c2)oc1N. The van der Waals surface area contributed by atoms with Crippen LogP contribution in [0.15, 0.2) is 39.2 Å². The van der Waals surface area contributed by atoms with Crippen LogP contribution in [0.2, 0.25) is 0 Å². The standard InChI is InChI=1S/C11H7BrN2O/c12-9-3-1-2-7(4-9)10-5-8(6-13)11(14)15-10/h1-5H,14H2. The fourth-order valence-corrected chi connectivity index (χ4v) is 1.68. The number of halogens is 1. The van der Waals surface area contributed by atoms with Gasteiger partial charge in [0.05, 0.1) is 0 Å². The largest absolute Gasteiger partial charge is 0.440 e. The smallest absolute Gasteiger partial charge is 0.208 e. The molecule has 0 bridgehead atoms. The van der Waals surface area contributed by atoms with Gasteiger partial charge >= 0.3 is 0 Å². The second-order valence-electron chi connectivity index (χ2n) is 3.01. The average molecular weight is 263 g/mol. The molecule has 1 aromatic carbocycles. The maximum Gasteiger partial charge on any atom is 0.208 e. The van der Waals surface area contributed by atoms with E-state index in [0.29, 0.717) is 11.3 Å². The molecule has 0 aliphatic heterocycles. The monoisotopic (exact) mass is 262 g/mol. The maximum atomic E-state index is 8.73. The highest BCUT2D eigenvalue weighted by Gasteiger charge is 2.09. The third kappa shape index (κ3) is 1.88. The molecule has 0 amide bonds. The Morgan fingerprint density at radius 2 is 2.13 bits per heavy atom. The van der Waals surface area contributed by atoms with E-state index >= 15 is 0 Å². The number of nitrogens with two attached hydrogens (primary N) is 1. The minimum Gasteiger partial charge on any atom is -0.440 e. The van der Waals surface area contributed by atoms with Gasteiger partial charge in [-0.1, -0.05) is 28.1 Å². The van der Waals surface area contributed by atoms with E-state index in [2.05, 4.69) is 15.9 Å².